The van der Waals surface area contributed by atoms with Crippen LogP contribution in [0.25, 0.3) is 0 Å². The van der Waals surface area contributed by atoms with Crippen LogP contribution in [0.5, 0.6) is 11.5 Å². The van der Waals surface area contributed by atoms with Gasteiger partial charge in [0.2, 0.25) is 0 Å². The lowest BCUT2D eigenvalue weighted by Crippen LogP contribution is -2.06. The molecule has 0 fully saturated rings. The Morgan fingerprint density at radius 2 is 1.76 bits per heavy atom. The number of hydrogen-bond acceptors (Lipinski definition) is 5. The van der Waals surface area contributed by atoms with Crippen molar-refractivity contribution >= 4 is 12.4 Å². The van der Waals surface area contributed by atoms with Crippen molar-refractivity contribution in [2.45, 2.75) is 19.9 Å². The van der Waals surface area contributed by atoms with Crippen LogP contribution < -0.4 is 15.2 Å². The molecule has 5 nitrogen and oxygen atoms in total. The molecule has 114 valence electrons. The first-order valence-corrected chi connectivity index (χ1v) is 6.40. The Morgan fingerprint density at radius 1 is 1.05 bits per heavy atom. The van der Waals surface area contributed by atoms with Gasteiger partial charge in [-0.25, -0.2) is 9.97 Å². The van der Waals surface area contributed by atoms with Crippen LogP contribution in [0, 0.1) is 6.92 Å². The molecule has 0 bridgehead atoms. The highest BCUT2D eigenvalue weighted by Crippen LogP contribution is 2.28. The molecule has 1 aromatic heterocycles. The molecule has 0 aliphatic carbocycles. The van der Waals surface area contributed by atoms with Gasteiger partial charge in [0.25, 0.3) is 0 Å². The average molecular weight is 310 g/mol. The standard InChI is InChI=1S/C15H19N3O2.ClH/c1-10-6-12(9-16)18-15(17-10)8-11-4-5-13(19-2)14(7-11)20-3;/h4-7H,8-9,16H2,1-3H3;1H. The minimum Gasteiger partial charge on any atom is -0.493 e. The quantitative estimate of drug-likeness (QED) is 0.917. The summed E-state index contributed by atoms with van der Waals surface area (Å²) >= 11 is 0. The van der Waals surface area contributed by atoms with Crippen molar-refractivity contribution < 1.29 is 9.47 Å². The maximum Gasteiger partial charge on any atom is 0.161 e. The van der Waals surface area contributed by atoms with Gasteiger partial charge in [0, 0.05) is 18.7 Å². The Morgan fingerprint density at radius 3 is 2.38 bits per heavy atom. The third-order valence-corrected chi connectivity index (χ3v) is 2.97. The number of methoxy groups -OCH3 is 2. The molecule has 0 atom stereocenters. The molecule has 0 saturated carbocycles. The van der Waals surface area contributed by atoms with Gasteiger partial charge in [-0.05, 0) is 30.7 Å². The largest absolute Gasteiger partial charge is 0.493 e. The van der Waals surface area contributed by atoms with Gasteiger partial charge >= 0.3 is 0 Å². The highest BCUT2D eigenvalue weighted by atomic mass is 35.5. The number of nitrogens with zero attached hydrogens (tertiary/aromatic N) is 2. The summed E-state index contributed by atoms with van der Waals surface area (Å²) < 4.78 is 10.5. The van der Waals surface area contributed by atoms with E-state index in [4.69, 9.17) is 15.2 Å². The van der Waals surface area contributed by atoms with Crippen LogP contribution in [0.15, 0.2) is 24.3 Å². The fourth-order valence-corrected chi connectivity index (χ4v) is 2.06. The van der Waals surface area contributed by atoms with E-state index in [-0.39, 0.29) is 12.4 Å². The average Bonchev–Trinajstić information content (AvgIpc) is 2.46. The zero-order chi connectivity index (χ0) is 14.5. The number of aryl methyl sites for hydroxylation is 1. The van der Waals surface area contributed by atoms with Crippen molar-refractivity contribution in [1.29, 1.82) is 0 Å². The maximum absolute atomic E-state index is 5.64. The van der Waals surface area contributed by atoms with Crippen molar-refractivity contribution in [1.82, 2.24) is 9.97 Å². The fourth-order valence-electron chi connectivity index (χ4n) is 2.06. The van der Waals surface area contributed by atoms with E-state index in [1.807, 2.05) is 31.2 Å². The SMILES string of the molecule is COc1ccc(Cc2nc(C)cc(CN)n2)cc1OC.Cl. The monoisotopic (exact) mass is 309 g/mol. The minimum absolute atomic E-state index is 0. The van der Waals surface area contributed by atoms with Crippen LogP contribution in [-0.4, -0.2) is 24.2 Å². The van der Waals surface area contributed by atoms with Crippen molar-refractivity contribution in [3.63, 3.8) is 0 Å². The zero-order valence-electron chi connectivity index (χ0n) is 12.4. The number of benzene rings is 1. The fraction of sp³-hybridized carbons (Fsp3) is 0.333. The molecule has 2 N–H and O–H groups in total. The Balaban J connectivity index is 0.00000220. The van der Waals surface area contributed by atoms with E-state index < -0.39 is 0 Å². The molecular weight excluding hydrogens is 290 g/mol. The van der Waals surface area contributed by atoms with Crippen molar-refractivity contribution in [3.8, 4) is 11.5 Å². The summed E-state index contributed by atoms with van der Waals surface area (Å²) in [5.41, 5.74) is 8.49. The molecule has 0 unspecified atom stereocenters. The first-order chi connectivity index (χ1) is 9.66. The van der Waals surface area contributed by atoms with Gasteiger partial charge in [-0.3, -0.25) is 0 Å². The first kappa shape index (κ1) is 17.2. The smallest absolute Gasteiger partial charge is 0.161 e. The van der Waals surface area contributed by atoms with Gasteiger partial charge in [0.1, 0.15) is 5.82 Å². The van der Waals surface area contributed by atoms with Crippen LogP contribution in [0.2, 0.25) is 0 Å². The Bertz CT molecular complexity index is 605. The molecular formula is C15H20ClN3O2. The third-order valence-electron chi connectivity index (χ3n) is 2.97. The summed E-state index contributed by atoms with van der Waals surface area (Å²) in [5.74, 6) is 2.18. The minimum atomic E-state index is 0. The molecule has 2 rings (SSSR count). The van der Waals surface area contributed by atoms with Crippen LogP contribution in [0.3, 0.4) is 0 Å². The molecule has 0 saturated heterocycles. The maximum atomic E-state index is 5.64. The van der Waals surface area contributed by atoms with Gasteiger partial charge in [-0.15, -0.1) is 12.4 Å². The highest BCUT2D eigenvalue weighted by molar-refractivity contribution is 5.85. The zero-order valence-corrected chi connectivity index (χ0v) is 13.2. The van der Waals surface area contributed by atoms with Crippen LogP contribution in [-0.2, 0) is 13.0 Å². The number of ether oxygens (including phenoxy) is 2. The summed E-state index contributed by atoms with van der Waals surface area (Å²) in [7, 11) is 3.24. The lowest BCUT2D eigenvalue weighted by Gasteiger charge is -2.10. The second kappa shape index (κ2) is 7.81. The van der Waals surface area contributed by atoms with Crippen molar-refractivity contribution in [3.05, 3.63) is 47.0 Å². The lowest BCUT2D eigenvalue weighted by atomic mass is 10.1. The van der Waals surface area contributed by atoms with Crippen LogP contribution in [0.4, 0.5) is 0 Å². The predicted octanol–water partition coefficient (Wildman–Crippen LogP) is 2.27. The van der Waals surface area contributed by atoms with Crippen molar-refractivity contribution in [2.24, 2.45) is 5.73 Å². The topological polar surface area (TPSA) is 70.3 Å². The normalized spacial score (nSPS) is 9.90. The van der Waals surface area contributed by atoms with E-state index in [1.54, 1.807) is 14.2 Å². The van der Waals surface area contributed by atoms with E-state index in [1.165, 1.54) is 0 Å². The van der Waals surface area contributed by atoms with E-state index in [2.05, 4.69) is 9.97 Å². The number of halogens is 1. The highest BCUT2D eigenvalue weighted by Gasteiger charge is 2.07. The van der Waals surface area contributed by atoms with Gasteiger partial charge in [0.05, 0.1) is 19.9 Å². The molecule has 0 aliphatic rings. The second-order valence-electron chi connectivity index (χ2n) is 4.49. The molecule has 6 heteroatoms. The number of nitrogens with two attached hydrogens (primary N) is 1. The van der Waals surface area contributed by atoms with Gasteiger partial charge in [-0.2, -0.15) is 0 Å². The molecule has 1 heterocycles. The van der Waals surface area contributed by atoms with E-state index in [0.29, 0.717) is 24.5 Å². The van der Waals surface area contributed by atoms with E-state index in [9.17, 15) is 0 Å². The summed E-state index contributed by atoms with van der Waals surface area (Å²) in [5, 5.41) is 0. The number of aromatic nitrogens is 2. The predicted molar refractivity (Wildman–Crippen MR) is 84.3 cm³/mol. The number of rotatable bonds is 5. The first-order valence-electron chi connectivity index (χ1n) is 6.40. The van der Waals surface area contributed by atoms with Crippen LogP contribution >= 0.6 is 12.4 Å². The van der Waals surface area contributed by atoms with E-state index >= 15 is 0 Å². The lowest BCUT2D eigenvalue weighted by molar-refractivity contribution is 0.354. The second-order valence-corrected chi connectivity index (χ2v) is 4.49. The molecule has 1 aromatic carbocycles. The summed E-state index contributed by atoms with van der Waals surface area (Å²) in [6.45, 7) is 2.36. The van der Waals surface area contributed by atoms with Crippen molar-refractivity contribution in [2.75, 3.05) is 14.2 Å². The molecule has 0 aliphatic heterocycles. The molecule has 21 heavy (non-hydrogen) atoms. The molecule has 0 radical (unpaired) electrons. The van der Waals surface area contributed by atoms with Gasteiger partial charge in [-0.1, -0.05) is 6.07 Å². The molecule has 0 amide bonds. The van der Waals surface area contributed by atoms with Gasteiger partial charge in [0.15, 0.2) is 11.5 Å². The Labute approximate surface area is 130 Å². The Kier molecular flexibility index (Phi) is 6.39. The Hall–Kier alpha value is -1.85. The number of hydrogen-bond donors (Lipinski definition) is 1. The summed E-state index contributed by atoms with van der Waals surface area (Å²) in [6.07, 6.45) is 0.634. The summed E-state index contributed by atoms with van der Waals surface area (Å²) in [6, 6.07) is 7.70. The van der Waals surface area contributed by atoms with Gasteiger partial charge < -0.3 is 15.2 Å². The summed E-state index contributed by atoms with van der Waals surface area (Å²) in [4.78, 5) is 8.87. The van der Waals surface area contributed by atoms with E-state index in [0.717, 1.165) is 22.8 Å². The molecule has 0 spiro atoms. The molecule has 2 aromatic rings. The third kappa shape index (κ3) is 4.31. The van der Waals surface area contributed by atoms with Crippen LogP contribution in [0.1, 0.15) is 22.8 Å².